The number of nitrogens with one attached hydrogen (secondary N) is 1. The molecule has 3 N–H and O–H groups in total. The van der Waals surface area contributed by atoms with Gasteiger partial charge in [-0.2, -0.15) is 0 Å². The van der Waals surface area contributed by atoms with Gasteiger partial charge >= 0.3 is 6.09 Å². The first kappa shape index (κ1) is 16.4. The molecule has 2 amide bonds. The summed E-state index contributed by atoms with van der Waals surface area (Å²) in [5.74, 6) is 0.252. The standard InChI is InChI=1S/C17H17FN4O4/c1-25-13-5-9-8(4-10(13)15(19)23)2-3-20-16(9)22-7-11-14(12(22)6-18)26-17(24)21-11/h2-5,11-12,14H,6-7H2,1H3,(H2,19,23)(H,21,24)/t11-,12?,14-/m1/s1. The molecule has 1 aromatic heterocycles. The van der Waals surface area contributed by atoms with Crippen LogP contribution in [0.4, 0.5) is 15.0 Å². The largest absolute Gasteiger partial charge is 0.496 e. The molecule has 0 saturated carbocycles. The van der Waals surface area contributed by atoms with Crippen molar-refractivity contribution in [2.24, 2.45) is 5.73 Å². The molecule has 2 aliphatic heterocycles. The predicted octanol–water partition coefficient (Wildman–Crippen LogP) is 0.977. The van der Waals surface area contributed by atoms with Crippen LogP contribution in [0.15, 0.2) is 24.4 Å². The van der Waals surface area contributed by atoms with Gasteiger partial charge in [0.2, 0.25) is 0 Å². The predicted molar refractivity (Wildman–Crippen MR) is 91.1 cm³/mol. The second kappa shape index (κ2) is 6.01. The molecule has 2 aromatic rings. The van der Waals surface area contributed by atoms with E-state index in [-0.39, 0.29) is 11.6 Å². The molecule has 8 nitrogen and oxygen atoms in total. The highest BCUT2D eigenvalue weighted by Crippen LogP contribution is 2.36. The number of carbonyl (C=O) groups excluding carboxylic acids is 2. The minimum atomic E-state index is -0.690. The number of halogens is 1. The number of anilines is 1. The number of carbonyl (C=O) groups is 2. The summed E-state index contributed by atoms with van der Waals surface area (Å²) in [5, 5.41) is 4.11. The van der Waals surface area contributed by atoms with Crippen LogP contribution in [-0.2, 0) is 4.74 Å². The van der Waals surface area contributed by atoms with Crippen molar-refractivity contribution < 1.29 is 23.5 Å². The summed E-state index contributed by atoms with van der Waals surface area (Å²) in [6.45, 7) is -0.318. The van der Waals surface area contributed by atoms with E-state index in [4.69, 9.17) is 15.2 Å². The van der Waals surface area contributed by atoms with Crippen LogP contribution in [0, 0.1) is 0 Å². The molecule has 1 aromatic carbocycles. The van der Waals surface area contributed by atoms with Gasteiger partial charge in [-0.15, -0.1) is 0 Å². The minimum Gasteiger partial charge on any atom is -0.496 e. The highest BCUT2D eigenvalue weighted by molar-refractivity contribution is 6.03. The fraction of sp³-hybridized carbons (Fsp3) is 0.353. The van der Waals surface area contributed by atoms with Gasteiger partial charge in [-0.25, -0.2) is 14.2 Å². The van der Waals surface area contributed by atoms with Gasteiger partial charge in [0.1, 0.15) is 24.3 Å². The summed E-state index contributed by atoms with van der Waals surface area (Å²) in [5.41, 5.74) is 5.67. The highest BCUT2D eigenvalue weighted by atomic mass is 19.1. The summed E-state index contributed by atoms with van der Waals surface area (Å²) >= 11 is 0. The first-order chi connectivity index (χ1) is 12.5. The molecule has 4 rings (SSSR count). The molecule has 2 aliphatic rings. The van der Waals surface area contributed by atoms with Gasteiger partial charge in [-0.1, -0.05) is 0 Å². The molecule has 136 valence electrons. The summed E-state index contributed by atoms with van der Waals surface area (Å²) in [6, 6.07) is 4.10. The number of hydrogen-bond acceptors (Lipinski definition) is 6. The quantitative estimate of drug-likeness (QED) is 0.842. The van der Waals surface area contributed by atoms with E-state index in [9.17, 15) is 14.0 Å². The molecule has 26 heavy (non-hydrogen) atoms. The molecule has 3 atom stereocenters. The highest BCUT2D eigenvalue weighted by Gasteiger charge is 2.50. The molecule has 0 radical (unpaired) electrons. The molecule has 9 heteroatoms. The Hall–Kier alpha value is -3.10. The lowest BCUT2D eigenvalue weighted by Gasteiger charge is -2.26. The van der Waals surface area contributed by atoms with Crippen molar-refractivity contribution in [3.05, 3.63) is 30.0 Å². The van der Waals surface area contributed by atoms with Crippen molar-refractivity contribution in [3.63, 3.8) is 0 Å². The number of methoxy groups -OCH3 is 1. The molecule has 3 heterocycles. The SMILES string of the molecule is COc1cc2c(N3C[C@H]4NC(=O)O[C@H]4C3CF)nccc2cc1C(N)=O. The third-order valence-electron chi connectivity index (χ3n) is 4.87. The monoisotopic (exact) mass is 360 g/mol. The number of nitrogens with two attached hydrogens (primary N) is 1. The van der Waals surface area contributed by atoms with Crippen LogP contribution in [0.5, 0.6) is 5.75 Å². The smallest absolute Gasteiger partial charge is 0.407 e. The number of ether oxygens (including phenoxy) is 2. The third kappa shape index (κ3) is 2.39. The molecule has 1 unspecified atom stereocenters. The molecule has 2 saturated heterocycles. The van der Waals surface area contributed by atoms with Crippen LogP contribution in [0.25, 0.3) is 10.8 Å². The normalized spacial score (nSPS) is 24.3. The molecular weight excluding hydrogens is 343 g/mol. The maximum absolute atomic E-state index is 13.7. The number of amides is 2. The van der Waals surface area contributed by atoms with Crippen molar-refractivity contribution in [3.8, 4) is 5.75 Å². The Morgan fingerprint density at radius 3 is 3.04 bits per heavy atom. The van der Waals surface area contributed by atoms with Crippen LogP contribution < -0.4 is 20.7 Å². The number of hydrogen-bond donors (Lipinski definition) is 2. The van der Waals surface area contributed by atoms with Gasteiger partial charge in [0.15, 0.2) is 0 Å². The van der Waals surface area contributed by atoms with E-state index in [1.165, 1.54) is 7.11 Å². The third-order valence-corrected chi connectivity index (χ3v) is 4.87. The van der Waals surface area contributed by atoms with Crippen LogP contribution in [0.1, 0.15) is 10.4 Å². The van der Waals surface area contributed by atoms with Crippen LogP contribution in [0.3, 0.4) is 0 Å². The molecule has 0 aliphatic carbocycles. The van der Waals surface area contributed by atoms with Gasteiger partial charge in [0, 0.05) is 18.1 Å². The topological polar surface area (TPSA) is 107 Å². The number of benzene rings is 1. The van der Waals surface area contributed by atoms with Crippen molar-refractivity contribution in [2.75, 3.05) is 25.2 Å². The maximum atomic E-state index is 13.7. The zero-order chi connectivity index (χ0) is 18.4. The van der Waals surface area contributed by atoms with Gasteiger partial charge in [-0.05, 0) is 23.6 Å². The van der Waals surface area contributed by atoms with Crippen molar-refractivity contribution in [2.45, 2.75) is 18.2 Å². The summed E-state index contributed by atoms with van der Waals surface area (Å²) in [7, 11) is 1.44. The van der Waals surface area contributed by atoms with E-state index in [0.29, 0.717) is 23.5 Å². The first-order valence-electron chi connectivity index (χ1n) is 8.09. The number of nitrogens with zero attached hydrogens (tertiary/aromatic N) is 2. The summed E-state index contributed by atoms with van der Waals surface area (Å²) in [6.07, 6.45) is 0.477. The Morgan fingerprint density at radius 2 is 2.35 bits per heavy atom. The fourth-order valence-corrected chi connectivity index (χ4v) is 3.68. The van der Waals surface area contributed by atoms with E-state index < -0.39 is 30.8 Å². The van der Waals surface area contributed by atoms with E-state index in [1.807, 2.05) is 0 Å². The van der Waals surface area contributed by atoms with Crippen molar-refractivity contribution in [1.82, 2.24) is 10.3 Å². The van der Waals surface area contributed by atoms with E-state index in [2.05, 4.69) is 10.3 Å². The van der Waals surface area contributed by atoms with Crippen LogP contribution in [0.2, 0.25) is 0 Å². The zero-order valence-electron chi connectivity index (χ0n) is 13.9. The maximum Gasteiger partial charge on any atom is 0.407 e. The number of rotatable bonds is 4. The lowest BCUT2D eigenvalue weighted by Crippen LogP contribution is -2.39. The van der Waals surface area contributed by atoms with E-state index in [0.717, 1.165) is 5.39 Å². The second-order valence-corrected chi connectivity index (χ2v) is 6.27. The summed E-state index contributed by atoms with van der Waals surface area (Å²) < 4.78 is 24.2. The number of pyridine rings is 1. The molecule has 0 bridgehead atoms. The Bertz CT molecular complexity index is 906. The Labute approximate surface area is 148 Å². The van der Waals surface area contributed by atoms with Crippen molar-refractivity contribution in [1.29, 1.82) is 0 Å². The number of primary amides is 1. The molecule has 0 spiro atoms. The van der Waals surface area contributed by atoms with Crippen LogP contribution in [-0.4, -0.2) is 55.5 Å². The fourth-order valence-electron chi connectivity index (χ4n) is 3.68. The van der Waals surface area contributed by atoms with Gasteiger partial charge < -0.3 is 25.4 Å². The van der Waals surface area contributed by atoms with Gasteiger partial charge in [-0.3, -0.25) is 4.79 Å². The zero-order valence-corrected chi connectivity index (χ0v) is 13.9. The summed E-state index contributed by atoms with van der Waals surface area (Å²) in [4.78, 5) is 29.2. The number of aromatic nitrogens is 1. The van der Waals surface area contributed by atoms with E-state index in [1.54, 1.807) is 29.3 Å². The lowest BCUT2D eigenvalue weighted by atomic mass is 10.1. The number of fused-ring (bicyclic) bond motifs is 2. The Balaban J connectivity index is 1.82. The van der Waals surface area contributed by atoms with Gasteiger partial charge in [0.05, 0.1) is 24.8 Å². The number of alkyl halides is 1. The molecule has 2 fully saturated rings. The van der Waals surface area contributed by atoms with Crippen LogP contribution >= 0.6 is 0 Å². The average Bonchev–Trinajstić information content (AvgIpc) is 3.15. The van der Waals surface area contributed by atoms with Crippen molar-refractivity contribution >= 4 is 28.6 Å². The molecular formula is C17H17FN4O4. The minimum absolute atomic E-state index is 0.257. The lowest BCUT2D eigenvalue weighted by molar-refractivity contribution is 0.0997. The Kier molecular flexibility index (Phi) is 3.78. The van der Waals surface area contributed by atoms with Gasteiger partial charge in [0.25, 0.3) is 5.91 Å². The Morgan fingerprint density at radius 1 is 1.54 bits per heavy atom. The second-order valence-electron chi connectivity index (χ2n) is 6.27. The average molecular weight is 360 g/mol. The first-order valence-corrected chi connectivity index (χ1v) is 8.09. The van der Waals surface area contributed by atoms with E-state index >= 15 is 0 Å². The number of alkyl carbamates (subject to hydrolysis) is 1.